The van der Waals surface area contributed by atoms with Crippen LogP contribution in [0.1, 0.15) is 29.8 Å². The van der Waals surface area contributed by atoms with Gasteiger partial charge in [0.2, 0.25) is 0 Å². The van der Waals surface area contributed by atoms with Gasteiger partial charge in [-0.05, 0) is 24.5 Å². The van der Waals surface area contributed by atoms with E-state index in [0.29, 0.717) is 5.56 Å². The zero-order valence-electron chi connectivity index (χ0n) is 11.8. The molecule has 1 aromatic carbocycles. The average molecular weight is 288 g/mol. The predicted molar refractivity (Wildman–Crippen MR) is 72.4 cm³/mol. The van der Waals surface area contributed by atoms with E-state index in [1.54, 1.807) is 32.9 Å². The van der Waals surface area contributed by atoms with Gasteiger partial charge in [0, 0.05) is 12.2 Å². The molecule has 0 heterocycles. The topological polar surface area (TPSA) is 46.3 Å². The summed E-state index contributed by atoms with van der Waals surface area (Å²) >= 11 is 0. The first-order valence-corrected chi connectivity index (χ1v) is 6.33. The summed E-state index contributed by atoms with van der Waals surface area (Å²) in [6.45, 7) is 3.95. The standard InChI is InChI=1S/C14H19F3N2O/c1-9(2)7-19(8-14(15,16)17)13(20)12-10(3)5-4-6-11(12)18/h4-6,9H,7-8,18H2,1-3H3. The Morgan fingerprint density at radius 2 is 1.95 bits per heavy atom. The first-order chi connectivity index (χ1) is 9.11. The number of halogens is 3. The van der Waals surface area contributed by atoms with Crippen molar-refractivity contribution in [3.05, 3.63) is 29.3 Å². The molecule has 3 nitrogen and oxygen atoms in total. The Labute approximate surface area is 116 Å². The highest BCUT2D eigenvalue weighted by Crippen LogP contribution is 2.23. The lowest BCUT2D eigenvalue weighted by Crippen LogP contribution is -2.41. The van der Waals surface area contributed by atoms with Crippen LogP contribution in [0, 0.1) is 12.8 Å². The maximum atomic E-state index is 12.6. The molecule has 0 aliphatic carbocycles. The summed E-state index contributed by atoms with van der Waals surface area (Å²) in [7, 11) is 0. The molecule has 0 bridgehead atoms. The third kappa shape index (κ3) is 4.43. The highest BCUT2D eigenvalue weighted by molar-refractivity contribution is 6.00. The van der Waals surface area contributed by atoms with Gasteiger partial charge in [-0.1, -0.05) is 26.0 Å². The number of carbonyl (C=O) groups excluding carboxylic acids is 1. The molecule has 0 fully saturated rings. The summed E-state index contributed by atoms with van der Waals surface area (Å²) in [5, 5.41) is 0. The summed E-state index contributed by atoms with van der Waals surface area (Å²) in [5.41, 5.74) is 6.65. The minimum Gasteiger partial charge on any atom is -0.398 e. The summed E-state index contributed by atoms with van der Waals surface area (Å²) in [5.74, 6) is -0.738. The summed E-state index contributed by atoms with van der Waals surface area (Å²) in [4.78, 5) is 13.2. The molecule has 0 aromatic heterocycles. The first kappa shape index (κ1) is 16.3. The van der Waals surface area contributed by atoms with Crippen LogP contribution in [0.3, 0.4) is 0 Å². The molecule has 0 radical (unpaired) electrons. The summed E-state index contributed by atoms with van der Waals surface area (Å²) in [6.07, 6.45) is -4.43. The van der Waals surface area contributed by atoms with Crippen molar-refractivity contribution in [2.75, 3.05) is 18.8 Å². The SMILES string of the molecule is Cc1cccc(N)c1C(=O)N(CC(C)C)CC(F)(F)F. The number of amides is 1. The van der Waals surface area contributed by atoms with Gasteiger partial charge in [0.05, 0.1) is 5.56 Å². The number of hydrogen-bond acceptors (Lipinski definition) is 2. The number of nitrogens with zero attached hydrogens (tertiary/aromatic N) is 1. The van der Waals surface area contributed by atoms with E-state index in [-0.39, 0.29) is 23.7 Å². The zero-order chi connectivity index (χ0) is 15.5. The average Bonchev–Trinajstić information content (AvgIpc) is 2.25. The molecule has 0 aliphatic rings. The fraction of sp³-hybridized carbons (Fsp3) is 0.500. The minimum atomic E-state index is -4.43. The largest absolute Gasteiger partial charge is 0.406 e. The number of alkyl halides is 3. The van der Waals surface area contributed by atoms with Crippen molar-refractivity contribution in [2.45, 2.75) is 26.9 Å². The molecule has 0 saturated heterocycles. The number of nitrogen functional groups attached to an aromatic ring is 1. The molecule has 1 rings (SSSR count). The predicted octanol–water partition coefficient (Wildman–Crippen LogP) is 3.24. The Morgan fingerprint density at radius 1 is 1.35 bits per heavy atom. The second-order valence-corrected chi connectivity index (χ2v) is 5.23. The van der Waals surface area contributed by atoms with Crippen molar-refractivity contribution in [1.29, 1.82) is 0 Å². The number of anilines is 1. The fourth-order valence-corrected chi connectivity index (χ4v) is 2.02. The van der Waals surface area contributed by atoms with Crippen LogP contribution in [0.15, 0.2) is 18.2 Å². The number of aryl methyl sites for hydroxylation is 1. The van der Waals surface area contributed by atoms with Crippen molar-refractivity contribution in [1.82, 2.24) is 4.90 Å². The lowest BCUT2D eigenvalue weighted by molar-refractivity contribution is -0.141. The molecular formula is C14H19F3N2O. The third-order valence-corrected chi connectivity index (χ3v) is 2.76. The Kier molecular flexibility index (Phi) is 5.03. The van der Waals surface area contributed by atoms with Gasteiger partial charge in [-0.25, -0.2) is 0 Å². The van der Waals surface area contributed by atoms with E-state index < -0.39 is 18.6 Å². The van der Waals surface area contributed by atoms with E-state index in [1.807, 2.05) is 0 Å². The first-order valence-electron chi connectivity index (χ1n) is 6.33. The number of hydrogen-bond donors (Lipinski definition) is 1. The number of nitrogens with two attached hydrogens (primary N) is 1. The van der Waals surface area contributed by atoms with Crippen LogP contribution >= 0.6 is 0 Å². The van der Waals surface area contributed by atoms with Crippen LogP contribution in [0.25, 0.3) is 0 Å². The van der Waals surface area contributed by atoms with Crippen molar-refractivity contribution < 1.29 is 18.0 Å². The van der Waals surface area contributed by atoms with E-state index in [0.717, 1.165) is 4.90 Å². The lowest BCUT2D eigenvalue weighted by Gasteiger charge is -2.26. The molecule has 0 aliphatic heterocycles. The zero-order valence-corrected chi connectivity index (χ0v) is 11.8. The second kappa shape index (κ2) is 6.15. The highest BCUT2D eigenvalue weighted by atomic mass is 19.4. The third-order valence-electron chi connectivity index (χ3n) is 2.76. The molecule has 1 amide bonds. The second-order valence-electron chi connectivity index (χ2n) is 5.23. The van der Waals surface area contributed by atoms with Gasteiger partial charge in [0.1, 0.15) is 6.54 Å². The van der Waals surface area contributed by atoms with Gasteiger partial charge < -0.3 is 10.6 Å². The molecule has 2 N–H and O–H groups in total. The van der Waals surface area contributed by atoms with E-state index in [1.165, 1.54) is 6.07 Å². The van der Waals surface area contributed by atoms with E-state index in [9.17, 15) is 18.0 Å². The Morgan fingerprint density at radius 3 is 2.40 bits per heavy atom. The van der Waals surface area contributed by atoms with Crippen LogP contribution in [0.5, 0.6) is 0 Å². The Bertz CT molecular complexity index is 464. The van der Waals surface area contributed by atoms with Crippen molar-refractivity contribution in [3.63, 3.8) is 0 Å². The van der Waals surface area contributed by atoms with Crippen LogP contribution in [0.2, 0.25) is 0 Å². The van der Waals surface area contributed by atoms with Gasteiger partial charge in [-0.3, -0.25) is 4.79 Å². The smallest absolute Gasteiger partial charge is 0.398 e. The number of benzene rings is 1. The maximum absolute atomic E-state index is 12.6. The summed E-state index contributed by atoms with van der Waals surface area (Å²) in [6, 6.07) is 4.84. The van der Waals surface area contributed by atoms with Crippen LogP contribution in [0.4, 0.5) is 18.9 Å². The fourth-order valence-electron chi connectivity index (χ4n) is 2.02. The van der Waals surface area contributed by atoms with E-state index >= 15 is 0 Å². The molecular weight excluding hydrogens is 269 g/mol. The van der Waals surface area contributed by atoms with Gasteiger partial charge in [-0.15, -0.1) is 0 Å². The minimum absolute atomic E-state index is 0.0338. The molecule has 0 saturated carbocycles. The van der Waals surface area contributed by atoms with Crippen molar-refractivity contribution in [2.24, 2.45) is 5.92 Å². The van der Waals surface area contributed by atoms with Crippen LogP contribution in [-0.4, -0.2) is 30.1 Å². The molecule has 0 unspecified atom stereocenters. The Balaban J connectivity index is 3.10. The monoisotopic (exact) mass is 288 g/mol. The number of rotatable bonds is 4. The lowest BCUT2D eigenvalue weighted by atomic mass is 10.0. The Hall–Kier alpha value is -1.72. The van der Waals surface area contributed by atoms with Crippen LogP contribution in [-0.2, 0) is 0 Å². The summed E-state index contributed by atoms with van der Waals surface area (Å²) < 4.78 is 37.8. The molecule has 0 atom stereocenters. The molecule has 1 aromatic rings. The normalized spacial score (nSPS) is 11.8. The highest BCUT2D eigenvalue weighted by Gasteiger charge is 2.34. The van der Waals surface area contributed by atoms with Gasteiger partial charge >= 0.3 is 6.18 Å². The van der Waals surface area contributed by atoms with Gasteiger partial charge in [-0.2, -0.15) is 13.2 Å². The van der Waals surface area contributed by atoms with Crippen molar-refractivity contribution in [3.8, 4) is 0 Å². The number of carbonyl (C=O) groups is 1. The van der Waals surface area contributed by atoms with E-state index in [4.69, 9.17) is 5.73 Å². The molecule has 112 valence electrons. The maximum Gasteiger partial charge on any atom is 0.406 e. The molecule has 6 heteroatoms. The van der Waals surface area contributed by atoms with Gasteiger partial charge in [0.15, 0.2) is 0 Å². The van der Waals surface area contributed by atoms with Crippen molar-refractivity contribution >= 4 is 11.6 Å². The quantitative estimate of drug-likeness (QED) is 0.865. The molecule has 0 spiro atoms. The molecule has 20 heavy (non-hydrogen) atoms. The van der Waals surface area contributed by atoms with Gasteiger partial charge in [0.25, 0.3) is 5.91 Å². The van der Waals surface area contributed by atoms with Crippen LogP contribution < -0.4 is 5.73 Å². The van der Waals surface area contributed by atoms with E-state index in [2.05, 4.69) is 0 Å².